The lowest BCUT2D eigenvalue weighted by Gasteiger charge is -2.22. The Morgan fingerprint density at radius 1 is 1.40 bits per heavy atom. The highest BCUT2D eigenvalue weighted by molar-refractivity contribution is 6.30. The second-order valence-corrected chi connectivity index (χ2v) is 6.12. The van der Waals surface area contributed by atoms with Gasteiger partial charge in [0.15, 0.2) is 5.38 Å². The summed E-state index contributed by atoms with van der Waals surface area (Å²) < 4.78 is 10.2. The number of esters is 2. The van der Waals surface area contributed by atoms with Crippen molar-refractivity contribution in [3.63, 3.8) is 0 Å². The number of ether oxygens (including phenoxy) is 2. The van der Waals surface area contributed by atoms with Crippen molar-refractivity contribution < 1.29 is 19.1 Å². The van der Waals surface area contributed by atoms with Crippen LogP contribution in [0.2, 0.25) is 0 Å². The van der Waals surface area contributed by atoms with E-state index in [2.05, 4.69) is 0 Å². The molecule has 0 aromatic heterocycles. The molecule has 1 aromatic carbocycles. The summed E-state index contributed by atoms with van der Waals surface area (Å²) in [6.45, 7) is 5.81. The summed E-state index contributed by atoms with van der Waals surface area (Å²) in [6, 6.07) is 7.27. The lowest BCUT2D eigenvalue weighted by Crippen LogP contribution is -2.35. The first-order chi connectivity index (χ1) is 9.31. The van der Waals surface area contributed by atoms with Gasteiger partial charge < -0.3 is 9.47 Å². The lowest BCUT2D eigenvalue weighted by molar-refractivity contribution is -0.162. The fourth-order valence-corrected chi connectivity index (χ4v) is 2.18. The minimum atomic E-state index is -0.931. The molecular weight excluding hydrogens is 280 g/mol. The molecule has 0 bridgehead atoms. The van der Waals surface area contributed by atoms with Gasteiger partial charge in [0.2, 0.25) is 6.10 Å². The molecular formula is C15H17ClO4. The third-order valence-corrected chi connectivity index (χ3v) is 3.75. The SMILES string of the molecule is Cc1ccc([C@H](Cl)C(=O)O[C@H]2C(=O)OCC2(C)C)cc1. The number of carbonyl (C=O) groups is 2. The Labute approximate surface area is 123 Å². The summed E-state index contributed by atoms with van der Waals surface area (Å²) in [5.41, 5.74) is 1.19. The molecule has 0 N–H and O–H groups in total. The van der Waals surface area contributed by atoms with E-state index in [4.69, 9.17) is 21.1 Å². The molecule has 4 nitrogen and oxygen atoms in total. The molecule has 2 atom stereocenters. The quantitative estimate of drug-likeness (QED) is 0.636. The highest BCUT2D eigenvalue weighted by Gasteiger charge is 2.47. The average molecular weight is 297 g/mol. The number of hydrogen-bond donors (Lipinski definition) is 0. The van der Waals surface area contributed by atoms with Crippen molar-refractivity contribution in [3.05, 3.63) is 35.4 Å². The summed E-state index contributed by atoms with van der Waals surface area (Å²) in [4.78, 5) is 23.6. The van der Waals surface area contributed by atoms with Crippen molar-refractivity contribution in [3.8, 4) is 0 Å². The molecule has 0 amide bonds. The standard InChI is InChI=1S/C15H17ClO4/c1-9-4-6-10(7-5-9)11(16)13(17)20-12-14(18)19-8-15(12,2)3/h4-7,11-12H,8H2,1-3H3/t11-,12-/m0/s1. The highest BCUT2D eigenvalue weighted by atomic mass is 35.5. The maximum absolute atomic E-state index is 12.1. The molecule has 0 spiro atoms. The topological polar surface area (TPSA) is 52.6 Å². The van der Waals surface area contributed by atoms with Gasteiger partial charge in [0.05, 0.1) is 0 Å². The Morgan fingerprint density at radius 3 is 2.50 bits per heavy atom. The van der Waals surface area contributed by atoms with Crippen molar-refractivity contribution in [1.29, 1.82) is 0 Å². The van der Waals surface area contributed by atoms with Crippen LogP contribution in [0.15, 0.2) is 24.3 Å². The molecule has 0 radical (unpaired) electrons. The van der Waals surface area contributed by atoms with E-state index < -0.39 is 28.8 Å². The molecule has 2 rings (SSSR count). The Kier molecular flexibility index (Phi) is 4.04. The smallest absolute Gasteiger partial charge is 0.348 e. The van der Waals surface area contributed by atoms with Gasteiger partial charge in [-0.25, -0.2) is 4.79 Å². The van der Waals surface area contributed by atoms with Gasteiger partial charge in [-0.05, 0) is 12.5 Å². The number of halogens is 1. The maximum Gasteiger partial charge on any atom is 0.348 e. The van der Waals surface area contributed by atoms with Gasteiger partial charge in [0, 0.05) is 5.41 Å². The summed E-state index contributed by atoms with van der Waals surface area (Å²) in [5.74, 6) is -1.15. The Hall–Kier alpha value is -1.55. The first-order valence-corrected chi connectivity index (χ1v) is 6.83. The minimum Gasteiger partial charge on any atom is -0.462 e. The molecule has 1 aromatic rings. The van der Waals surface area contributed by atoms with Gasteiger partial charge in [-0.3, -0.25) is 4.79 Å². The number of aryl methyl sites for hydroxylation is 1. The molecule has 1 heterocycles. The number of alkyl halides is 1. The van der Waals surface area contributed by atoms with Gasteiger partial charge in [-0.1, -0.05) is 43.7 Å². The summed E-state index contributed by atoms with van der Waals surface area (Å²) in [5, 5.41) is -0.931. The highest BCUT2D eigenvalue weighted by Crippen LogP contribution is 2.33. The van der Waals surface area contributed by atoms with Gasteiger partial charge in [0.25, 0.3) is 0 Å². The van der Waals surface area contributed by atoms with Crippen LogP contribution < -0.4 is 0 Å². The van der Waals surface area contributed by atoms with Crippen LogP contribution >= 0.6 is 11.6 Å². The van der Waals surface area contributed by atoms with Crippen LogP contribution in [-0.4, -0.2) is 24.6 Å². The number of carbonyl (C=O) groups excluding carboxylic acids is 2. The van der Waals surface area contributed by atoms with Crippen molar-refractivity contribution in [1.82, 2.24) is 0 Å². The zero-order valence-electron chi connectivity index (χ0n) is 11.7. The van der Waals surface area contributed by atoms with Crippen LogP contribution in [0.3, 0.4) is 0 Å². The van der Waals surface area contributed by atoms with Crippen LogP contribution in [0.5, 0.6) is 0 Å². The fraction of sp³-hybridized carbons (Fsp3) is 0.467. The summed E-state index contributed by atoms with van der Waals surface area (Å²) in [7, 11) is 0. The van der Waals surface area contributed by atoms with Gasteiger partial charge >= 0.3 is 11.9 Å². The molecule has 1 aliphatic heterocycles. The van der Waals surface area contributed by atoms with Gasteiger partial charge in [0.1, 0.15) is 6.61 Å². The zero-order valence-corrected chi connectivity index (χ0v) is 12.4. The zero-order chi connectivity index (χ0) is 14.9. The largest absolute Gasteiger partial charge is 0.462 e. The average Bonchev–Trinajstić information content (AvgIpc) is 2.65. The first kappa shape index (κ1) is 14.9. The Bertz CT molecular complexity index is 521. The third kappa shape index (κ3) is 2.96. The van der Waals surface area contributed by atoms with E-state index in [0.29, 0.717) is 5.56 Å². The van der Waals surface area contributed by atoms with Crippen LogP contribution in [0, 0.1) is 12.3 Å². The molecule has 20 heavy (non-hydrogen) atoms. The van der Waals surface area contributed by atoms with E-state index in [9.17, 15) is 9.59 Å². The minimum absolute atomic E-state index is 0.237. The van der Waals surface area contributed by atoms with Crippen LogP contribution in [0.1, 0.15) is 30.4 Å². The summed E-state index contributed by atoms with van der Waals surface area (Å²) in [6.07, 6.45) is -0.901. The van der Waals surface area contributed by atoms with Crippen molar-refractivity contribution in [2.24, 2.45) is 5.41 Å². The molecule has 5 heteroatoms. The Balaban J connectivity index is 2.08. The molecule has 0 unspecified atom stereocenters. The van der Waals surface area contributed by atoms with E-state index in [1.165, 1.54) is 0 Å². The van der Waals surface area contributed by atoms with Crippen molar-refractivity contribution in [2.75, 3.05) is 6.61 Å². The van der Waals surface area contributed by atoms with E-state index in [1.54, 1.807) is 12.1 Å². The lowest BCUT2D eigenvalue weighted by atomic mass is 9.90. The van der Waals surface area contributed by atoms with E-state index >= 15 is 0 Å². The van der Waals surface area contributed by atoms with Crippen molar-refractivity contribution in [2.45, 2.75) is 32.3 Å². The number of cyclic esters (lactones) is 1. The summed E-state index contributed by atoms with van der Waals surface area (Å²) >= 11 is 6.10. The number of rotatable bonds is 3. The fourth-order valence-electron chi connectivity index (χ4n) is 1.98. The molecule has 1 aliphatic rings. The first-order valence-electron chi connectivity index (χ1n) is 6.39. The van der Waals surface area contributed by atoms with Crippen LogP contribution in [0.25, 0.3) is 0 Å². The number of benzene rings is 1. The molecule has 0 saturated carbocycles. The molecule has 1 fully saturated rings. The monoisotopic (exact) mass is 296 g/mol. The van der Waals surface area contributed by atoms with Crippen LogP contribution in [-0.2, 0) is 19.1 Å². The third-order valence-electron chi connectivity index (χ3n) is 3.32. The van der Waals surface area contributed by atoms with E-state index in [-0.39, 0.29) is 6.61 Å². The normalized spacial score (nSPS) is 22.2. The van der Waals surface area contributed by atoms with Gasteiger partial charge in [-0.2, -0.15) is 0 Å². The molecule has 108 valence electrons. The predicted octanol–water partition coefficient (Wildman–Crippen LogP) is 2.77. The van der Waals surface area contributed by atoms with E-state index in [0.717, 1.165) is 5.56 Å². The molecule has 1 saturated heterocycles. The Morgan fingerprint density at radius 2 is 2.00 bits per heavy atom. The van der Waals surface area contributed by atoms with Crippen LogP contribution in [0.4, 0.5) is 0 Å². The second kappa shape index (κ2) is 5.44. The van der Waals surface area contributed by atoms with E-state index in [1.807, 2.05) is 32.9 Å². The second-order valence-electron chi connectivity index (χ2n) is 5.69. The predicted molar refractivity (Wildman–Crippen MR) is 74.4 cm³/mol. The maximum atomic E-state index is 12.1. The molecule has 0 aliphatic carbocycles. The number of hydrogen-bond acceptors (Lipinski definition) is 4. The van der Waals surface area contributed by atoms with Gasteiger partial charge in [-0.15, -0.1) is 11.6 Å². The van der Waals surface area contributed by atoms with Crippen molar-refractivity contribution >= 4 is 23.5 Å².